The van der Waals surface area contributed by atoms with Gasteiger partial charge in [-0.1, -0.05) is 58.7 Å². The molecule has 0 aliphatic carbocycles. The molecule has 0 saturated heterocycles. The van der Waals surface area contributed by atoms with E-state index < -0.39 is 14.2 Å². The Labute approximate surface area is 233 Å². The van der Waals surface area contributed by atoms with Gasteiger partial charge in [-0.2, -0.15) is 0 Å². The number of amides is 1. The van der Waals surface area contributed by atoms with Crippen molar-refractivity contribution >= 4 is 14.2 Å². The Hall–Kier alpha value is -3.24. The lowest BCUT2D eigenvalue weighted by Crippen LogP contribution is -2.27. The van der Waals surface area contributed by atoms with Crippen molar-refractivity contribution in [3.63, 3.8) is 0 Å². The summed E-state index contributed by atoms with van der Waals surface area (Å²) in [6, 6.07) is 8.35. The van der Waals surface area contributed by atoms with E-state index in [1.54, 1.807) is 44.0 Å². The lowest BCUT2D eigenvalue weighted by Gasteiger charge is -2.16. The molecule has 0 unspecified atom stereocenters. The lowest BCUT2D eigenvalue weighted by atomic mass is 10.0. The van der Waals surface area contributed by atoms with Gasteiger partial charge in [0.2, 0.25) is 0 Å². The van der Waals surface area contributed by atoms with Crippen molar-refractivity contribution in [1.29, 1.82) is 0 Å². The molecule has 0 bridgehead atoms. The summed E-state index contributed by atoms with van der Waals surface area (Å²) in [5, 5.41) is 11.2. The van der Waals surface area contributed by atoms with E-state index in [2.05, 4.69) is 47.1 Å². The number of ether oxygens (including phenoxy) is 3. The third-order valence-corrected chi connectivity index (χ3v) is 8.04. The second-order valence-corrected chi connectivity index (χ2v) is 16.5. The number of unbranched alkanes of at least 4 members (excludes halogenated alkanes) is 5. The summed E-state index contributed by atoms with van der Waals surface area (Å²) in [6.07, 6.45) is 11.7. The molecule has 3 rings (SSSR count). The van der Waals surface area contributed by atoms with Crippen molar-refractivity contribution in [3.05, 3.63) is 43.0 Å². The zero-order valence-corrected chi connectivity index (χ0v) is 25.0. The van der Waals surface area contributed by atoms with E-state index in [-0.39, 0.29) is 0 Å². The van der Waals surface area contributed by atoms with Crippen molar-refractivity contribution < 1.29 is 19.0 Å². The number of nitrogens with one attached hydrogen (secondary N) is 1. The minimum absolute atomic E-state index is 0.373. The van der Waals surface area contributed by atoms with E-state index in [9.17, 15) is 4.79 Å². The van der Waals surface area contributed by atoms with Gasteiger partial charge in [-0.25, -0.2) is 4.79 Å². The molecule has 212 valence electrons. The van der Waals surface area contributed by atoms with Crippen molar-refractivity contribution in [1.82, 2.24) is 25.1 Å². The maximum absolute atomic E-state index is 12.4. The second-order valence-electron chi connectivity index (χ2n) is 10.9. The summed E-state index contributed by atoms with van der Waals surface area (Å²) in [5.41, 5.74) is 2.35. The topological polar surface area (TPSA) is 100 Å². The molecule has 1 N–H and O–H groups in total. The molecule has 39 heavy (non-hydrogen) atoms. The number of rotatable bonds is 16. The molecular weight excluding hydrogens is 510 g/mol. The van der Waals surface area contributed by atoms with Crippen LogP contribution < -0.4 is 14.8 Å². The third kappa shape index (κ3) is 10.1. The molecule has 2 heterocycles. The molecular formula is C29H43N5O4Si. The standard InChI is InChI=1S/C29H43N5O4Si/c1-6-7-8-9-10-11-14-31-29(35)38-25-12-13-27(36-2)26(18-25)23-17-24(20-30-19-23)28-33-32-21-34(28)22-37-15-16-39(3,4)5/h12-13,17-21H,6-11,14-16,22H2,1-5H3,(H,31,35). The average molecular weight is 554 g/mol. The molecule has 9 nitrogen and oxygen atoms in total. The predicted molar refractivity (Wildman–Crippen MR) is 157 cm³/mol. The Kier molecular flexibility index (Phi) is 11.9. The number of aromatic nitrogens is 4. The highest BCUT2D eigenvalue weighted by Crippen LogP contribution is 2.34. The molecule has 0 spiro atoms. The fourth-order valence-electron chi connectivity index (χ4n) is 4.04. The Morgan fingerprint density at radius 2 is 1.79 bits per heavy atom. The largest absolute Gasteiger partial charge is 0.496 e. The van der Waals surface area contributed by atoms with E-state index in [4.69, 9.17) is 14.2 Å². The van der Waals surface area contributed by atoms with Crippen LogP contribution in [-0.4, -0.2) is 54.2 Å². The van der Waals surface area contributed by atoms with Gasteiger partial charge in [-0.3, -0.25) is 9.55 Å². The fourth-order valence-corrected chi connectivity index (χ4v) is 4.80. The normalized spacial score (nSPS) is 11.4. The maximum Gasteiger partial charge on any atom is 0.412 e. The van der Waals surface area contributed by atoms with Crippen LogP contribution in [0, 0.1) is 0 Å². The highest BCUT2D eigenvalue weighted by molar-refractivity contribution is 6.76. The van der Waals surface area contributed by atoms with Crippen LogP contribution in [0.3, 0.4) is 0 Å². The van der Waals surface area contributed by atoms with E-state index in [0.29, 0.717) is 37.2 Å². The molecule has 0 fully saturated rings. The van der Waals surface area contributed by atoms with Crippen molar-refractivity contribution in [2.24, 2.45) is 0 Å². The average Bonchev–Trinajstić information content (AvgIpc) is 3.39. The van der Waals surface area contributed by atoms with Crippen molar-refractivity contribution in [2.45, 2.75) is 77.9 Å². The first kappa shape index (κ1) is 30.3. The molecule has 0 atom stereocenters. The van der Waals surface area contributed by atoms with Gasteiger partial charge in [-0.05, 0) is 36.7 Å². The van der Waals surface area contributed by atoms with Gasteiger partial charge in [0, 0.05) is 50.3 Å². The summed E-state index contributed by atoms with van der Waals surface area (Å²) in [6.45, 7) is 10.9. The number of nitrogens with zero attached hydrogens (tertiary/aromatic N) is 4. The molecule has 0 aliphatic rings. The first-order chi connectivity index (χ1) is 18.8. The van der Waals surface area contributed by atoms with Crippen LogP contribution in [0.25, 0.3) is 22.5 Å². The quantitative estimate of drug-likeness (QED) is 0.154. The zero-order chi connectivity index (χ0) is 28.1. The molecule has 10 heteroatoms. The van der Waals surface area contributed by atoms with Crippen LogP contribution in [0.2, 0.25) is 25.7 Å². The Morgan fingerprint density at radius 1 is 1.03 bits per heavy atom. The Morgan fingerprint density at radius 3 is 2.56 bits per heavy atom. The highest BCUT2D eigenvalue weighted by Gasteiger charge is 2.15. The van der Waals surface area contributed by atoms with Crippen molar-refractivity contribution in [3.8, 4) is 34.0 Å². The van der Waals surface area contributed by atoms with Crippen LogP contribution in [0.1, 0.15) is 45.4 Å². The van der Waals surface area contributed by atoms with E-state index in [0.717, 1.165) is 35.6 Å². The zero-order valence-electron chi connectivity index (χ0n) is 24.0. The molecule has 2 aromatic heterocycles. The Balaban J connectivity index is 1.66. The fraction of sp³-hybridized carbons (Fsp3) is 0.517. The molecule has 0 saturated carbocycles. The highest BCUT2D eigenvalue weighted by atomic mass is 28.3. The molecule has 0 radical (unpaired) electrons. The molecule has 3 aromatic rings. The van der Waals surface area contributed by atoms with Gasteiger partial charge in [0.15, 0.2) is 5.82 Å². The number of hydrogen-bond acceptors (Lipinski definition) is 7. The van der Waals surface area contributed by atoms with Gasteiger partial charge in [0.1, 0.15) is 24.6 Å². The predicted octanol–water partition coefficient (Wildman–Crippen LogP) is 6.78. The number of benzene rings is 1. The van der Waals surface area contributed by atoms with Crippen LogP contribution in [0.5, 0.6) is 11.5 Å². The summed E-state index contributed by atoms with van der Waals surface area (Å²) in [5.74, 6) is 1.73. The summed E-state index contributed by atoms with van der Waals surface area (Å²) < 4.78 is 18.9. The number of carbonyl (C=O) groups excluding carboxylic acids is 1. The van der Waals surface area contributed by atoms with Gasteiger partial charge in [0.25, 0.3) is 0 Å². The second kappa shape index (κ2) is 15.4. The van der Waals surface area contributed by atoms with Crippen LogP contribution in [0.4, 0.5) is 4.79 Å². The van der Waals surface area contributed by atoms with Crippen LogP contribution >= 0.6 is 0 Å². The van der Waals surface area contributed by atoms with Crippen LogP contribution in [-0.2, 0) is 11.5 Å². The summed E-state index contributed by atoms with van der Waals surface area (Å²) in [7, 11) is 0.446. The molecule has 1 amide bonds. The smallest absolute Gasteiger partial charge is 0.412 e. The number of carbonyl (C=O) groups is 1. The van der Waals surface area contributed by atoms with E-state index in [1.165, 1.54) is 25.7 Å². The molecule has 0 aliphatic heterocycles. The number of methoxy groups -OCH3 is 1. The van der Waals surface area contributed by atoms with E-state index in [1.807, 2.05) is 10.6 Å². The maximum atomic E-state index is 12.4. The monoisotopic (exact) mass is 553 g/mol. The van der Waals surface area contributed by atoms with Gasteiger partial charge < -0.3 is 19.5 Å². The minimum Gasteiger partial charge on any atom is -0.496 e. The van der Waals surface area contributed by atoms with Crippen molar-refractivity contribution in [2.75, 3.05) is 20.3 Å². The number of pyridine rings is 1. The van der Waals surface area contributed by atoms with Gasteiger partial charge >= 0.3 is 6.09 Å². The van der Waals surface area contributed by atoms with Gasteiger partial charge in [0.05, 0.1) is 7.11 Å². The van der Waals surface area contributed by atoms with E-state index >= 15 is 0 Å². The SMILES string of the molecule is CCCCCCCCNC(=O)Oc1ccc(OC)c(-c2cncc(-c3nncn3COCC[Si](C)(C)C)c2)c1. The molecule has 1 aromatic carbocycles. The summed E-state index contributed by atoms with van der Waals surface area (Å²) >= 11 is 0. The number of hydrogen-bond donors (Lipinski definition) is 1. The lowest BCUT2D eigenvalue weighted by molar-refractivity contribution is 0.0880. The van der Waals surface area contributed by atoms with Gasteiger partial charge in [-0.15, -0.1) is 10.2 Å². The Bertz CT molecular complexity index is 1180. The third-order valence-electron chi connectivity index (χ3n) is 6.33. The first-order valence-corrected chi connectivity index (χ1v) is 17.6. The first-order valence-electron chi connectivity index (χ1n) is 13.9. The minimum atomic E-state index is -1.16. The van der Waals surface area contributed by atoms with Crippen LogP contribution in [0.15, 0.2) is 43.0 Å². The summed E-state index contributed by atoms with van der Waals surface area (Å²) in [4.78, 5) is 16.8.